The highest BCUT2D eigenvalue weighted by atomic mass is 79.9. The minimum absolute atomic E-state index is 0.142. The second-order valence-corrected chi connectivity index (χ2v) is 6.52. The predicted octanol–water partition coefficient (Wildman–Crippen LogP) is 4.25. The smallest absolute Gasteiger partial charge is 0.227 e. The summed E-state index contributed by atoms with van der Waals surface area (Å²) < 4.78 is 1.05. The van der Waals surface area contributed by atoms with Gasteiger partial charge in [0.1, 0.15) is 0 Å². The average molecular weight is 376 g/mol. The lowest BCUT2D eigenvalue weighted by molar-refractivity contribution is 0.299. The molecule has 0 fully saturated rings. The molecular formula is C16H14BrN3OS. The van der Waals surface area contributed by atoms with Gasteiger partial charge in [-0.15, -0.1) is 11.3 Å². The van der Waals surface area contributed by atoms with Crippen molar-refractivity contribution in [1.82, 2.24) is 9.97 Å². The molecule has 3 aromatic rings. The first kappa shape index (κ1) is 15.1. The van der Waals surface area contributed by atoms with Gasteiger partial charge in [0.2, 0.25) is 5.95 Å². The predicted molar refractivity (Wildman–Crippen MR) is 93.6 cm³/mol. The first-order valence-electron chi connectivity index (χ1n) is 6.79. The number of anilines is 2. The Balaban J connectivity index is 1.82. The molecule has 0 saturated heterocycles. The van der Waals surface area contributed by atoms with Gasteiger partial charge in [-0.1, -0.05) is 12.1 Å². The van der Waals surface area contributed by atoms with Crippen molar-refractivity contribution in [3.05, 3.63) is 58.0 Å². The van der Waals surface area contributed by atoms with Crippen LogP contribution in [0.2, 0.25) is 0 Å². The van der Waals surface area contributed by atoms with Gasteiger partial charge >= 0.3 is 0 Å². The summed E-state index contributed by atoms with van der Waals surface area (Å²) in [5, 5.41) is 14.3. The van der Waals surface area contributed by atoms with E-state index < -0.39 is 0 Å². The van der Waals surface area contributed by atoms with Crippen LogP contribution in [0.15, 0.2) is 52.4 Å². The summed E-state index contributed by atoms with van der Waals surface area (Å²) in [6.07, 6.45) is 2.38. The second-order valence-electron chi connectivity index (χ2n) is 4.69. The Morgan fingerprint density at radius 2 is 2.14 bits per heavy atom. The number of rotatable bonds is 5. The maximum atomic E-state index is 9.02. The van der Waals surface area contributed by atoms with Crippen molar-refractivity contribution >= 4 is 38.9 Å². The van der Waals surface area contributed by atoms with Crippen molar-refractivity contribution in [2.75, 3.05) is 11.9 Å². The van der Waals surface area contributed by atoms with E-state index in [1.54, 1.807) is 17.5 Å². The highest BCUT2D eigenvalue weighted by Crippen LogP contribution is 2.29. The molecule has 0 radical (unpaired) electrons. The Morgan fingerprint density at radius 3 is 2.91 bits per heavy atom. The fraction of sp³-hybridized carbons (Fsp3) is 0.125. The molecule has 0 unspecified atom stereocenters. The van der Waals surface area contributed by atoms with Crippen LogP contribution in [0, 0.1) is 0 Å². The van der Waals surface area contributed by atoms with Crippen LogP contribution in [0.3, 0.4) is 0 Å². The zero-order valence-corrected chi connectivity index (χ0v) is 14.1. The monoisotopic (exact) mass is 375 g/mol. The van der Waals surface area contributed by atoms with E-state index in [0.717, 1.165) is 26.3 Å². The van der Waals surface area contributed by atoms with Crippen LogP contribution in [0.1, 0.15) is 5.56 Å². The number of aliphatic hydroxyl groups excluding tert-OH is 1. The molecule has 0 amide bonds. The Kier molecular flexibility index (Phi) is 4.82. The maximum absolute atomic E-state index is 9.02. The number of aliphatic hydroxyl groups is 1. The summed E-state index contributed by atoms with van der Waals surface area (Å²) in [7, 11) is 0. The summed E-state index contributed by atoms with van der Waals surface area (Å²) in [6, 6.07) is 11.8. The van der Waals surface area contributed by atoms with Crippen molar-refractivity contribution in [2.45, 2.75) is 6.42 Å². The van der Waals surface area contributed by atoms with Gasteiger partial charge in [0.05, 0.1) is 10.6 Å². The third-order valence-electron chi connectivity index (χ3n) is 3.06. The number of hydrogen-bond acceptors (Lipinski definition) is 5. The molecule has 22 heavy (non-hydrogen) atoms. The van der Waals surface area contributed by atoms with E-state index in [0.29, 0.717) is 12.4 Å². The number of thiophene rings is 1. The lowest BCUT2D eigenvalue weighted by atomic mass is 10.1. The van der Waals surface area contributed by atoms with Crippen LogP contribution in [0.5, 0.6) is 0 Å². The van der Waals surface area contributed by atoms with Gasteiger partial charge in [-0.25, -0.2) is 9.97 Å². The number of halogens is 1. The highest BCUT2D eigenvalue weighted by Gasteiger charge is 2.05. The minimum Gasteiger partial charge on any atom is -0.396 e. The van der Waals surface area contributed by atoms with Crippen molar-refractivity contribution in [2.24, 2.45) is 0 Å². The normalized spacial score (nSPS) is 10.6. The van der Waals surface area contributed by atoms with Crippen molar-refractivity contribution in [3.8, 4) is 10.6 Å². The van der Waals surface area contributed by atoms with E-state index in [1.807, 2.05) is 41.8 Å². The fourth-order valence-corrected chi connectivity index (χ4v) is 3.46. The van der Waals surface area contributed by atoms with Crippen LogP contribution in [0.25, 0.3) is 10.6 Å². The quantitative estimate of drug-likeness (QED) is 0.699. The van der Waals surface area contributed by atoms with Gasteiger partial charge in [-0.3, -0.25) is 0 Å². The SMILES string of the molecule is OCCc1cccc(Nc2nccc(-c3cc(Br)cs3)n2)c1. The third-order valence-corrected chi connectivity index (χ3v) is 4.77. The lowest BCUT2D eigenvalue weighted by Crippen LogP contribution is -1.98. The molecular weight excluding hydrogens is 362 g/mol. The van der Waals surface area contributed by atoms with E-state index in [2.05, 4.69) is 31.2 Å². The topological polar surface area (TPSA) is 58.0 Å². The standard InChI is InChI=1S/C16H14BrN3OS/c17-12-9-15(22-10-12)14-4-6-18-16(20-14)19-13-3-1-2-11(8-13)5-7-21/h1-4,6,8-10,21H,5,7H2,(H,18,19,20). The molecule has 2 heterocycles. The zero-order valence-electron chi connectivity index (χ0n) is 11.7. The van der Waals surface area contributed by atoms with Crippen LogP contribution in [0.4, 0.5) is 11.6 Å². The molecule has 0 saturated carbocycles. The van der Waals surface area contributed by atoms with Crippen LogP contribution >= 0.6 is 27.3 Å². The molecule has 0 atom stereocenters. The van der Waals surface area contributed by atoms with Crippen molar-refractivity contribution in [3.63, 3.8) is 0 Å². The minimum atomic E-state index is 0.142. The maximum Gasteiger partial charge on any atom is 0.227 e. The Labute approximate surface area is 141 Å². The van der Waals surface area contributed by atoms with E-state index >= 15 is 0 Å². The molecule has 0 aliphatic carbocycles. The molecule has 4 nitrogen and oxygen atoms in total. The zero-order chi connectivity index (χ0) is 15.4. The number of nitrogens with zero attached hydrogens (tertiary/aromatic N) is 2. The van der Waals surface area contributed by atoms with E-state index in [1.165, 1.54) is 0 Å². The first-order chi connectivity index (χ1) is 10.7. The molecule has 0 aliphatic rings. The fourth-order valence-electron chi connectivity index (χ4n) is 2.07. The molecule has 2 aromatic heterocycles. The lowest BCUT2D eigenvalue weighted by Gasteiger charge is -2.07. The number of benzene rings is 1. The summed E-state index contributed by atoms with van der Waals surface area (Å²) >= 11 is 5.09. The summed E-state index contributed by atoms with van der Waals surface area (Å²) in [5.41, 5.74) is 2.88. The van der Waals surface area contributed by atoms with Crippen LogP contribution < -0.4 is 5.32 Å². The Morgan fingerprint density at radius 1 is 1.23 bits per heavy atom. The van der Waals surface area contributed by atoms with Crippen LogP contribution in [-0.4, -0.2) is 21.7 Å². The van der Waals surface area contributed by atoms with Gasteiger partial charge < -0.3 is 10.4 Å². The van der Waals surface area contributed by atoms with E-state index in [4.69, 9.17) is 5.11 Å². The first-order valence-corrected chi connectivity index (χ1v) is 8.46. The van der Waals surface area contributed by atoms with Gasteiger partial charge in [0.15, 0.2) is 0 Å². The molecule has 1 aromatic carbocycles. The summed E-state index contributed by atoms with van der Waals surface area (Å²) in [4.78, 5) is 9.90. The molecule has 2 N–H and O–H groups in total. The molecule has 0 bridgehead atoms. The van der Waals surface area contributed by atoms with Gasteiger partial charge in [-0.2, -0.15) is 0 Å². The highest BCUT2D eigenvalue weighted by molar-refractivity contribution is 9.10. The van der Waals surface area contributed by atoms with Crippen molar-refractivity contribution in [1.29, 1.82) is 0 Å². The molecule has 6 heteroatoms. The van der Waals surface area contributed by atoms with E-state index in [-0.39, 0.29) is 6.61 Å². The van der Waals surface area contributed by atoms with Crippen LogP contribution in [-0.2, 0) is 6.42 Å². The van der Waals surface area contributed by atoms with Gasteiger partial charge in [0, 0.05) is 28.3 Å². The third kappa shape index (κ3) is 3.71. The molecule has 112 valence electrons. The van der Waals surface area contributed by atoms with Gasteiger partial charge in [-0.05, 0) is 52.2 Å². The van der Waals surface area contributed by atoms with Crippen molar-refractivity contribution < 1.29 is 5.11 Å². The number of aromatic nitrogens is 2. The van der Waals surface area contributed by atoms with E-state index in [9.17, 15) is 0 Å². The summed E-state index contributed by atoms with van der Waals surface area (Å²) in [6.45, 7) is 0.142. The molecule has 3 rings (SSSR count). The molecule has 0 aliphatic heterocycles. The average Bonchev–Trinajstić information content (AvgIpc) is 2.95. The Hall–Kier alpha value is -1.76. The number of nitrogens with one attached hydrogen (secondary N) is 1. The van der Waals surface area contributed by atoms with Gasteiger partial charge in [0.25, 0.3) is 0 Å². The Bertz CT molecular complexity index is 775. The second kappa shape index (κ2) is 7.00. The number of hydrogen-bond donors (Lipinski definition) is 2. The summed E-state index contributed by atoms with van der Waals surface area (Å²) in [5.74, 6) is 0.558. The molecule has 0 spiro atoms. The largest absolute Gasteiger partial charge is 0.396 e.